The van der Waals surface area contributed by atoms with Gasteiger partial charge in [0.05, 0.1) is 5.02 Å². The molecule has 0 spiro atoms. The molecule has 1 atom stereocenters. The van der Waals surface area contributed by atoms with Crippen LogP contribution in [0.1, 0.15) is 12.5 Å². The third kappa shape index (κ3) is 6.28. The van der Waals surface area contributed by atoms with Gasteiger partial charge in [0.2, 0.25) is 0 Å². The fraction of sp³-hybridized carbons (Fsp3) is 0.150. The highest BCUT2D eigenvalue weighted by Gasteiger charge is 2.15. The molecule has 0 saturated carbocycles. The predicted octanol–water partition coefficient (Wildman–Crippen LogP) is 4.73. The smallest absolute Gasteiger partial charge is 0.284 e. The second-order valence-electron chi connectivity index (χ2n) is 6.02. The molecule has 0 radical (unpaired) electrons. The number of hydrogen-bond donors (Lipinski definition) is 1. The number of benzene rings is 1. The quantitative estimate of drug-likeness (QED) is 0.393. The Labute approximate surface area is 181 Å². The van der Waals surface area contributed by atoms with Gasteiger partial charge in [0, 0.05) is 12.4 Å². The number of halogens is 3. The minimum Gasteiger partial charge on any atom is -0.481 e. The van der Waals surface area contributed by atoms with E-state index in [0.717, 1.165) is 11.6 Å². The highest BCUT2D eigenvalue weighted by atomic mass is 35.5. The van der Waals surface area contributed by atoms with Crippen LogP contribution in [0.2, 0.25) is 10.2 Å². The normalized spacial score (nSPS) is 11.6. The maximum absolute atomic E-state index is 13.7. The first-order valence-corrected chi connectivity index (χ1v) is 9.44. The Morgan fingerprint density at radius 1 is 1.10 bits per heavy atom. The van der Waals surface area contributed by atoms with E-state index in [1.54, 1.807) is 49.5 Å². The van der Waals surface area contributed by atoms with Gasteiger partial charge in [0.1, 0.15) is 23.3 Å². The maximum atomic E-state index is 13.7. The van der Waals surface area contributed by atoms with Crippen molar-refractivity contribution in [2.75, 3.05) is 0 Å². The van der Waals surface area contributed by atoms with Gasteiger partial charge in [-0.15, -0.1) is 0 Å². The lowest BCUT2D eigenvalue weighted by Gasteiger charge is -2.15. The SMILES string of the molecule is CC(Oc1ccc(Oc2ncc(Cl)cc2F)cc1)C(=O)NOCc1ccc(Cl)nc1. The summed E-state index contributed by atoms with van der Waals surface area (Å²) < 4.78 is 24.7. The maximum Gasteiger partial charge on any atom is 0.284 e. The first-order valence-electron chi connectivity index (χ1n) is 8.68. The molecule has 1 aromatic carbocycles. The fourth-order valence-corrected chi connectivity index (χ4v) is 2.45. The molecule has 0 saturated heterocycles. The van der Waals surface area contributed by atoms with Crippen LogP contribution in [0.15, 0.2) is 54.9 Å². The number of aromatic nitrogens is 2. The number of rotatable bonds is 8. The van der Waals surface area contributed by atoms with E-state index in [1.807, 2.05) is 0 Å². The van der Waals surface area contributed by atoms with Gasteiger partial charge in [-0.1, -0.05) is 29.3 Å². The Kier molecular flexibility index (Phi) is 7.40. The van der Waals surface area contributed by atoms with Crippen LogP contribution in [-0.2, 0) is 16.2 Å². The molecule has 2 aromatic heterocycles. The van der Waals surface area contributed by atoms with Crippen molar-refractivity contribution >= 4 is 29.1 Å². The van der Waals surface area contributed by atoms with Crippen LogP contribution in [0.4, 0.5) is 4.39 Å². The molecule has 0 aliphatic carbocycles. The zero-order valence-electron chi connectivity index (χ0n) is 15.6. The number of carbonyl (C=O) groups excluding carboxylic acids is 1. The van der Waals surface area contributed by atoms with Crippen LogP contribution in [0, 0.1) is 5.82 Å². The Balaban J connectivity index is 1.47. The van der Waals surface area contributed by atoms with E-state index in [9.17, 15) is 9.18 Å². The van der Waals surface area contributed by atoms with Crippen molar-refractivity contribution in [1.82, 2.24) is 15.4 Å². The van der Waals surface area contributed by atoms with Gasteiger partial charge in [-0.2, -0.15) is 0 Å². The van der Waals surface area contributed by atoms with Crippen LogP contribution in [0.25, 0.3) is 0 Å². The summed E-state index contributed by atoms with van der Waals surface area (Å²) in [4.78, 5) is 24.9. The van der Waals surface area contributed by atoms with E-state index in [-0.39, 0.29) is 17.5 Å². The molecule has 1 amide bonds. The summed E-state index contributed by atoms with van der Waals surface area (Å²) in [5.41, 5.74) is 3.06. The third-order valence-corrected chi connectivity index (χ3v) is 4.12. The van der Waals surface area contributed by atoms with Crippen LogP contribution in [-0.4, -0.2) is 22.0 Å². The van der Waals surface area contributed by atoms with Crippen molar-refractivity contribution in [3.05, 3.63) is 76.4 Å². The van der Waals surface area contributed by atoms with Gasteiger partial charge >= 0.3 is 0 Å². The van der Waals surface area contributed by atoms with Gasteiger partial charge in [0.25, 0.3) is 11.8 Å². The summed E-state index contributed by atoms with van der Waals surface area (Å²) >= 11 is 11.4. The van der Waals surface area contributed by atoms with Crippen molar-refractivity contribution in [2.24, 2.45) is 0 Å². The number of nitrogens with one attached hydrogen (secondary N) is 1. The summed E-state index contributed by atoms with van der Waals surface area (Å²) in [6.45, 7) is 1.70. The summed E-state index contributed by atoms with van der Waals surface area (Å²) in [6.07, 6.45) is 2.00. The lowest BCUT2D eigenvalue weighted by Crippen LogP contribution is -2.36. The van der Waals surface area contributed by atoms with E-state index in [1.165, 1.54) is 6.20 Å². The monoisotopic (exact) mass is 451 g/mol. The van der Waals surface area contributed by atoms with Gasteiger partial charge < -0.3 is 9.47 Å². The summed E-state index contributed by atoms with van der Waals surface area (Å²) in [7, 11) is 0. The summed E-state index contributed by atoms with van der Waals surface area (Å²) in [5.74, 6) is -0.592. The average Bonchev–Trinajstić information content (AvgIpc) is 2.73. The number of nitrogens with zero attached hydrogens (tertiary/aromatic N) is 2. The molecular formula is C20H16Cl2FN3O4. The first kappa shape index (κ1) is 21.8. The molecule has 7 nitrogen and oxygen atoms in total. The molecule has 3 rings (SSSR count). The van der Waals surface area contributed by atoms with Crippen LogP contribution in [0.5, 0.6) is 17.4 Å². The fourth-order valence-electron chi connectivity index (χ4n) is 2.20. The number of hydrogen-bond acceptors (Lipinski definition) is 6. The van der Waals surface area contributed by atoms with E-state index in [4.69, 9.17) is 37.5 Å². The van der Waals surface area contributed by atoms with Crippen molar-refractivity contribution in [3.63, 3.8) is 0 Å². The van der Waals surface area contributed by atoms with Gasteiger partial charge in [-0.25, -0.2) is 19.8 Å². The van der Waals surface area contributed by atoms with Crippen LogP contribution < -0.4 is 15.0 Å². The number of carbonyl (C=O) groups is 1. The molecule has 0 fully saturated rings. The molecule has 30 heavy (non-hydrogen) atoms. The van der Waals surface area contributed by atoms with Crippen LogP contribution in [0.3, 0.4) is 0 Å². The molecule has 0 aliphatic heterocycles. The third-order valence-electron chi connectivity index (χ3n) is 3.69. The van der Waals surface area contributed by atoms with Crippen molar-refractivity contribution in [2.45, 2.75) is 19.6 Å². The molecule has 0 aliphatic rings. The topological polar surface area (TPSA) is 82.6 Å². The molecule has 1 N–H and O–H groups in total. The average molecular weight is 452 g/mol. The Hall–Kier alpha value is -2.94. The second kappa shape index (κ2) is 10.2. The standard InChI is InChI=1S/C20H16Cl2FN3O4/c1-12(19(27)26-28-11-13-2-7-18(22)24-9-13)29-15-3-5-16(6-4-15)30-20-17(23)8-14(21)10-25-20/h2-10,12H,11H2,1H3,(H,26,27). The van der Waals surface area contributed by atoms with Crippen LogP contribution >= 0.6 is 23.2 Å². The Bertz CT molecular complexity index is 1000. The van der Waals surface area contributed by atoms with Gasteiger partial charge in [0.15, 0.2) is 11.9 Å². The van der Waals surface area contributed by atoms with Crippen molar-refractivity contribution in [3.8, 4) is 17.4 Å². The van der Waals surface area contributed by atoms with E-state index in [0.29, 0.717) is 16.7 Å². The second-order valence-corrected chi connectivity index (χ2v) is 6.84. The molecule has 0 bridgehead atoms. The molecular weight excluding hydrogens is 436 g/mol. The summed E-state index contributed by atoms with van der Waals surface area (Å²) in [6, 6.07) is 10.7. The largest absolute Gasteiger partial charge is 0.481 e. The molecule has 156 valence electrons. The molecule has 2 heterocycles. The molecule has 10 heteroatoms. The lowest BCUT2D eigenvalue weighted by molar-refractivity contribution is -0.141. The number of amides is 1. The van der Waals surface area contributed by atoms with E-state index < -0.39 is 17.8 Å². The highest BCUT2D eigenvalue weighted by molar-refractivity contribution is 6.30. The Morgan fingerprint density at radius 2 is 1.83 bits per heavy atom. The number of ether oxygens (including phenoxy) is 2. The van der Waals surface area contributed by atoms with Gasteiger partial charge in [-0.05, 0) is 48.9 Å². The zero-order chi connectivity index (χ0) is 21.5. The molecule has 1 unspecified atom stereocenters. The van der Waals surface area contributed by atoms with E-state index in [2.05, 4.69) is 15.4 Å². The minimum atomic E-state index is -0.824. The number of pyridine rings is 2. The summed E-state index contributed by atoms with van der Waals surface area (Å²) in [5, 5.41) is 0.542. The minimum absolute atomic E-state index is 0.129. The molecule has 3 aromatic rings. The van der Waals surface area contributed by atoms with Gasteiger partial charge in [-0.3, -0.25) is 9.63 Å². The first-order chi connectivity index (χ1) is 14.4. The predicted molar refractivity (Wildman–Crippen MR) is 108 cm³/mol. The van der Waals surface area contributed by atoms with Crippen molar-refractivity contribution < 1.29 is 23.5 Å². The van der Waals surface area contributed by atoms with Crippen molar-refractivity contribution in [1.29, 1.82) is 0 Å². The zero-order valence-corrected chi connectivity index (χ0v) is 17.2. The lowest BCUT2D eigenvalue weighted by atomic mass is 10.3. The highest BCUT2D eigenvalue weighted by Crippen LogP contribution is 2.26. The van der Waals surface area contributed by atoms with E-state index >= 15 is 0 Å². The number of hydroxylamine groups is 1. The Morgan fingerprint density at radius 3 is 2.50 bits per heavy atom.